The van der Waals surface area contributed by atoms with Crippen molar-refractivity contribution in [2.45, 2.75) is 58.3 Å². The zero-order valence-electron chi connectivity index (χ0n) is 18.5. The van der Waals surface area contributed by atoms with Crippen molar-refractivity contribution in [2.24, 2.45) is 0 Å². The number of anilines is 2. The molecule has 0 aliphatic carbocycles. The maximum Gasteiger partial charge on any atom is 0.223 e. The van der Waals surface area contributed by atoms with Crippen LogP contribution in [0.5, 0.6) is 0 Å². The second kappa shape index (κ2) is 8.80. The van der Waals surface area contributed by atoms with Crippen molar-refractivity contribution in [2.75, 3.05) is 30.3 Å². The molecule has 1 unspecified atom stereocenters. The van der Waals surface area contributed by atoms with Gasteiger partial charge in [0.1, 0.15) is 11.0 Å². The molecule has 1 amide bonds. The van der Waals surface area contributed by atoms with Crippen molar-refractivity contribution in [3.63, 3.8) is 0 Å². The number of carbonyl (C=O) groups excluding carboxylic acids is 1. The van der Waals surface area contributed by atoms with Crippen LogP contribution in [0.15, 0.2) is 6.20 Å². The van der Waals surface area contributed by atoms with E-state index in [0.717, 1.165) is 17.7 Å². The van der Waals surface area contributed by atoms with E-state index in [4.69, 9.17) is 17.3 Å². The standard InChI is InChI=1S/C22H29ClN6O3/c1-4-14-11(2)6-25-15(12(14)3)8-29-7-13(19-20(23)26-22(24)27-21(19)29)5-18(32)28-9-16(30)17(31)10-28/h6,13,16-17,30-31H,4-5,7-10H2,1-3H3,(H2,24,26,27)/t13?,16-,17-/m0/s1. The first-order chi connectivity index (χ1) is 15.2. The molecule has 4 N–H and O–H groups in total. The van der Waals surface area contributed by atoms with E-state index in [1.807, 2.05) is 6.20 Å². The highest BCUT2D eigenvalue weighted by molar-refractivity contribution is 6.30. The van der Waals surface area contributed by atoms with Crippen molar-refractivity contribution < 1.29 is 15.0 Å². The smallest absolute Gasteiger partial charge is 0.223 e. The number of halogens is 1. The van der Waals surface area contributed by atoms with Gasteiger partial charge in [0.15, 0.2) is 0 Å². The minimum Gasteiger partial charge on any atom is -0.388 e. The highest BCUT2D eigenvalue weighted by Crippen LogP contribution is 2.42. The van der Waals surface area contributed by atoms with E-state index in [9.17, 15) is 15.0 Å². The molecule has 2 aromatic heterocycles. The maximum absolute atomic E-state index is 12.9. The number of fused-ring (bicyclic) bond motifs is 1. The summed E-state index contributed by atoms with van der Waals surface area (Å²) in [5.74, 6) is 0.335. The molecule has 2 aliphatic rings. The van der Waals surface area contributed by atoms with Gasteiger partial charge in [0.2, 0.25) is 11.9 Å². The van der Waals surface area contributed by atoms with Gasteiger partial charge < -0.3 is 25.7 Å². The molecular formula is C22H29ClN6O3. The molecule has 2 aromatic rings. The number of aliphatic hydroxyl groups excluding tert-OH is 2. The Labute approximate surface area is 192 Å². The summed E-state index contributed by atoms with van der Waals surface area (Å²) < 4.78 is 0. The molecule has 3 atom stereocenters. The molecule has 0 radical (unpaired) electrons. The Hall–Kier alpha value is -2.49. The van der Waals surface area contributed by atoms with Gasteiger partial charge in [-0.05, 0) is 37.0 Å². The van der Waals surface area contributed by atoms with Crippen LogP contribution in [0.3, 0.4) is 0 Å². The van der Waals surface area contributed by atoms with Crippen molar-refractivity contribution in [1.82, 2.24) is 19.9 Å². The number of pyridine rings is 1. The normalized spacial score (nSPS) is 22.5. The molecule has 2 aliphatic heterocycles. The Morgan fingerprint density at radius 1 is 1.22 bits per heavy atom. The lowest BCUT2D eigenvalue weighted by atomic mass is 9.99. The van der Waals surface area contributed by atoms with Crippen LogP contribution >= 0.6 is 11.6 Å². The summed E-state index contributed by atoms with van der Waals surface area (Å²) in [5, 5.41) is 19.8. The highest BCUT2D eigenvalue weighted by Gasteiger charge is 2.38. The largest absolute Gasteiger partial charge is 0.388 e. The Kier molecular flexibility index (Phi) is 6.24. The molecule has 0 saturated carbocycles. The van der Waals surface area contributed by atoms with E-state index in [1.54, 1.807) is 0 Å². The van der Waals surface area contributed by atoms with Crippen molar-refractivity contribution >= 4 is 29.3 Å². The lowest BCUT2D eigenvalue weighted by Gasteiger charge is -2.22. The first-order valence-electron chi connectivity index (χ1n) is 10.8. The predicted octanol–water partition coefficient (Wildman–Crippen LogP) is 1.34. The Morgan fingerprint density at radius 3 is 2.56 bits per heavy atom. The molecule has 4 heterocycles. The number of nitrogens with zero attached hydrogens (tertiary/aromatic N) is 5. The molecule has 32 heavy (non-hydrogen) atoms. The van der Waals surface area contributed by atoms with Crippen molar-refractivity contribution in [3.8, 4) is 0 Å². The van der Waals surface area contributed by atoms with E-state index < -0.39 is 12.2 Å². The minimum absolute atomic E-state index is 0.0827. The topological polar surface area (TPSA) is 129 Å². The van der Waals surface area contributed by atoms with Gasteiger partial charge in [-0.3, -0.25) is 9.78 Å². The summed E-state index contributed by atoms with van der Waals surface area (Å²) in [6.45, 7) is 7.57. The van der Waals surface area contributed by atoms with Crippen LogP contribution in [0.1, 0.15) is 47.2 Å². The second-order valence-corrected chi connectivity index (χ2v) is 9.03. The number of likely N-dealkylation sites (tertiary alicyclic amines) is 1. The number of hydrogen-bond donors (Lipinski definition) is 3. The Balaban J connectivity index is 1.61. The van der Waals surface area contributed by atoms with Gasteiger partial charge in [-0.15, -0.1) is 0 Å². The predicted molar refractivity (Wildman–Crippen MR) is 122 cm³/mol. The van der Waals surface area contributed by atoms with Crippen LogP contribution in [0.25, 0.3) is 0 Å². The number of aliphatic hydroxyl groups is 2. The summed E-state index contributed by atoms with van der Waals surface area (Å²) in [6.07, 6.45) is 1.17. The summed E-state index contributed by atoms with van der Waals surface area (Å²) in [6, 6.07) is 0. The van der Waals surface area contributed by atoms with Gasteiger partial charge >= 0.3 is 0 Å². The summed E-state index contributed by atoms with van der Waals surface area (Å²) in [4.78, 5) is 29.6. The number of amides is 1. The molecule has 9 nitrogen and oxygen atoms in total. The lowest BCUT2D eigenvalue weighted by molar-refractivity contribution is -0.131. The molecule has 0 aromatic carbocycles. The zero-order valence-corrected chi connectivity index (χ0v) is 19.3. The number of carbonyl (C=O) groups is 1. The number of nitrogens with two attached hydrogens (primary N) is 1. The number of aromatic nitrogens is 3. The molecular weight excluding hydrogens is 432 g/mol. The number of hydrogen-bond acceptors (Lipinski definition) is 8. The lowest BCUT2D eigenvalue weighted by Crippen LogP contribution is -2.32. The van der Waals surface area contributed by atoms with Crippen LogP contribution in [-0.2, 0) is 17.8 Å². The number of aryl methyl sites for hydroxylation is 1. The van der Waals surface area contributed by atoms with Gasteiger partial charge in [-0.1, -0.05) is 18.5 Å². The molecule has 0 bridgehead atoms. The Morgan fingerprint density at radius 2 is 1.91 bits per heavy atom. The van der Waals surface area contributed by atoms with Crippen LogP contribution in [0.4, 0.5) is 11.8 Å². The van der Waals surface area contributed by atoms with Gasteiger partial charge in [0.05, 0.1) is 24.4 Å². The van der Waals surface area contributed by atoms with Gasteiger partial charge in [-0.25, -0.2) is 4.98 Å². The molecule has 4 rings (SSSR count). The molecule has 1 fully saturated rings. The van der Waals surface area contributed by atoms with Crippen molar-refractivity contribution in [1.29, 1.82) is 0 Å². The van der Waals surface area contributed by atoms with E-state index in [-0.39, 0.29) is 42.4 Å². The zero-order chi connectivity index (χ0) is 23.2. The SMILES string of the molecule is CCc1c(C)cnc(CN2CC(CC(=O)N3C[C@H](O)[C@@H](O)C3)c3c(Cl)nc(N)nc32)c1C. The highest BCUT2D eigenvalue weighted by atomic mass is 35.5. The van der Waals surface area contributed by atoms with E-state index in [2.05, 4.69) is 40.6 Å². The van der Waals surface area contributed by atoms with Gasteiger partial charge in [0.25, 0.3) is 0 Å². The fourth-order valence-electron chi connectivity index (χ4n) is 4.81. The molecule has 10 heteroatoms. The van der Waals surface area contributed by atoms with Gasteiger partial charge in [0, 0.05) is 43.7 Å². The summed E-state index contributed by atoms with van der Waals surface area (Å²) >= 11 is 6.45. The van der Waals surface area contributed by atoms with Crippen LogP contribution in [-0.4, -0.2) is 67.8 Å². The van der Waals surface area contributed by atoms with E-state index in [0.29, 0.717) is 24.5 Å². The monoisotopic (exact) mass is 460 g/mol. The average Bonchev–Trinajstić information content (AvgIpc) is 3.24. The third-order valence-electron chi connectivity index (χ3n) is 6.55. The second-order valence-electron chi connectivity index (χ2n) is 8.67. The molecule has 1 saturated heterocycles. The fourth-order valence-corrected chi connectivity index (χ4v) is 5.13. The molecule has 0 spiro atoms. The maximum atomic E-state index is 12.9. The minimum atomic E-state index is -0.915. The number of nitrogen functional groups attached to an aromatic ring is 1. The number of rotatable bonds is 5. The quantitative estimate of drug-likeness (QED) is 0.570. The summed E-state index contributed by atoms with van der Waals surface area (Å²) in [5.41, 5.74) is 11.1. The third-order valence-corrected chi connectivity index (χ3v) is 6.84. The fraction of sp³-hybridized carbons (Fsp3) is 0.545. The van der Waals surface area contributed by atoms with E-state index in [1.165, 1.54) is 16.0 Å². The average molecular weight is 461 g/mol. The van der Waals surface area contributed by atoms with Crippen LogP contribution in [0.2, 0.25) is 5.15 Å². The first kappa shape index (κ1) is 22.7. The first-order valence-corrected chi connectivity index (χ1v) is 11.2. The Bertz CT molecular complexity index is 1040. The van der Waals surface area contributed by atoms with E-state index >= 15 is 0 Å². The van der Waals surface area contributed by atoms with Crippen LogP contribution < -0.4 is 10.6 Å². The number of β-amino-alcohol motifs (C(OH)–C–C–N with tert-alkyl or cyclic N) is 2. The third kappa shape index (κ3) is 4.12. The van der Waals surface area contributed by atoms with Crippen LogP contribution in [0, 0.1) is 13.8 Å². The molecule has 172 valence electrons. The van der Waals surface area contributed by atoms with Gasteiger partial charge in [-0.2, -0.15) is 4.98 Å². The summed E-state index contributed by atoms with van der Waals surface area (Å²) in [7, 11) is 0. The van der Waals surface area contributed by atoms with Crippen molar-refractivity contribution in [3.05, 3.63) is 39.3 Å².